The zero-order valence-electron chi connectivity index (χ0n) is 27.5. The molecule has 0 radical (unpaired) electrons. The SMILES string of the molecule is [2H]c1c([2H])c([2H])c2c(oc3c(-c4ccc(C5(c6ccccc6)c6ccccc6-c6c(Br)cccc65)cc4)c([2H])c([2H])c([2H])c32)c1[2H]. The summed E-state index contributed by atoms with van der Waals surface area (Å²) in [5, 5.41) is 0.150. The molecular weight excluding hydrogens is 540 g/mol. The van der Waals surface area contributed by atoms with E-state index in [2.05, 4.69) is 64.5 Å². The molecule has 6 aromatic carbocycles. The zero-order chi connectivity index (χ0) is 32.1. The van der Waals surface area contributed by atoms with E-state index in [0.29, 0.717) is 5.56 Å². The third-order valence-electron chi connectivity index (χ3n) is 7.77. The van der Waals surface area contributed by atoms with Gasteiger partial charge >= 0.3 is 0 Å². The number of halogens is 1. The van der Waals surface area contributed by atoms with Gasteiger partial charge in [0.05, 0.1) is 15.0 Å². The Morgan fingerprint density at radius 2 is 1.31 bits per heavy atom. The van der Waals surface area contributed by atoms with Crippen LogP contribution in [0.25, 0.3) is 44.2 Å². The molecule has 184 valence electrons. The molecule has 0 fully saturated rings. The van der Waals surface area contributed by atoms with Crippen molar-refractivity contribution in [2.75, 3.05) is 0 Å². The highest BCUT2D eigenvalue weighted by molar-refractivity contribution is 9.10. The van der Waals surface area contributed by atoms with Crippen LogP contribution >= 0.6 is 15.9 Å². The lowest BCUT2D eigenvalue weighted by Crippen LogP contribution is -2.28. The fourth-order valence-corrected chi connectivity index (χ4v) is 6.76. The first-order valence-corrected chi connectivity index (χ1v) is 13.4. The molecule has 7 aromatic rings. The van der Waals surface area contributed by atoms with Crippen molar-refractivity contribution in [3.8, 4) is 22.3 Å². The number of benzene rings is 6. The quantitative estimate of drug-likeness (QED) is 0.206. The molecule has 0 bridgehead atoms. The van der Waals surface area contributed by atoms with Crippen molar-refractivity contribution in [3.05, 3.63) is 166 Å². The van der Waals surface area contributed by atoms with Gasteiger partial charge in [-0.2, -0.15) is 0 Å². The Morgan fingerprint density at radius 3 is 2.18 bits per heavy atom. The van der Waals surface area contributed by atoms with Crippen molar-refractivity contribution in [1.29, 1.82) is 0 Å². The first kappa shape index (κ1) is 16.5. The summed E-state index contributed by atoms with van der Waals surface area (Å²) in [5.74, 6) is 0. The smallest absolute Gasteiger partial charge is 0.143 e. The number of hydrogen-bond acceptors (Lipinski definition) is 1. The van der Waals surface area contributed by atoms with Crippen LogP contribution in [-0.4, -0.2) is 0 Å². The highest BCUT2D eigenvalue weighted by Gasteiger charge is 2.46. The summed E-state index contributed by atoms with van der Waals surface area (Å²) in [6.45, 7) is 0. The Kier molecular flexibility index (Phi) is 3.63. The van der Waals surface area contributed by atoms with E-state index in [1.54, 1.807) is 0 Å². The molecule has 1 unspecified atom stereocenters. The summed E-state index contributed by atoms with van der Waals surface area (Å²) in [6.07, 6.45) is 0. The van der Waals surface area contributed by atoms with Crippen LogP contribution in [0.3, 0.4) is 0 Å². The van der Waals surface area contributed by atoms with Gasteiger partial charge in [-0.05, 0) is 45.5 Å². The van der Waals surface area contributed by atoms with Gasteiger partial charge in [0.1, 0.15) is 11.2 Å². The lowest BCUT2D eigenvalue weighted by molar-refractivity contribution is 0.670. The van der Waals surface area contributed by atoms with E-state index in [1.165, 1.54) is 0 Å². The molecule has 1 nitrogen and oxygen atoms in total. The van der Waals surface area contributed by atoms with Crippen LogP contribution in [0.15, 0.2) is 148 Å². The Balaban J connectivity index is 1.42. The summed E-state index contributed by atoms with van der Waals surface area (Å²) >= 11 is 3.82. The number of para-hydroxylation sites is 2. The van der Waals surface area contributed by atoms with E-state index in [1.807, 2.05) is 48.5 Å². The number of furan rings is 1. The van der Waals surface area contributed by atoms with Crippen LogP contribution in [-0.2, 0) is 5.41 Å². The molecule has 1 heterocycles. The van der Waals surface area contributed by atoms with Crippen molar-refractivity contribution in [1.82, 2.24) is 0 Å². The van der Waals surface area contributed by atoms with Gasteiger partial charge in [-0.3, -0.25) is 0 Å². The maximum Gasteiger partial charge on any atom is 0.143 e. The second-order valence-electron chi connectivity index (χ2n) is 9.66. The fraction of sp³-hybridized carbons (Fsp3) is 0.0270. The average Bonchev–Trinajstić information content (AvgIpc) is 3.62. The van der Waals surface area contributed by atoms with Crippen molar-refractivity contribution in [3.63, 3.8) is 0 Å². The maximum absolute atomic E-state index is 8.89. The predicted octanol–water partition coefficient (Wildman–Crippen LogP) is 10.4. The molecule has 1 aliphatic rings. The molecule has 1 atom stereocenters. The maximum atomic E-state index is 8.89. The van der Waals surface area contributed by atoms with Gasteiger partial charge in [-0.15, -0.1) is 0 Å². The fourth-order valence-electron chi connectivity index (χ4n) is 6.18. The lowest BCUT2D eigenvalue weighted by Gasteiger charge is -2.34. The molecule has 39 heavy (non-hydrogen) atoms. The summed E-state index contributed by atoms with van der Waals surface area (Å²) in [4.78, 5) is 0. The predicted molar refractivity (Wildman–Crippen MR) is 164 cm³/mol. The van der Waals surface area contributed by atoms with E-state index in [4.69, 9.17) is 14.0 Å². The molecular formula is C37H23BrO. The van der Waals surface area contributed by atoms with Gasteiger partial charge in [-0.25, -0.2) is 0 Å². The van der Waals surface area contributed by atoms with Crippen LogP contribution in [0.1, 0.15) is 31.8 Å². The van der Waals surface area contributed by atoms with Gasteiger partial charge in [0, 0.05) is 26.4 Å². The van der Waals surface area contributed by atoms with E-state index < -0.39 is 17.5 Å². The molecule has 0 spiro atoms. The largest absolute Gasteiger partial charge is 0.455 e. The minimum absolute atomic E-state index is 0.0464. The first-order chi connectivity index (χ1) is 22.2. The van der Waals surface area contributed by atoms with Crippen LogP contribution in [0.4, 0.5) is 0 Å². The Bertz CT molecular complexity index is 2400. The van der Waals surface area contributed by atoms with Gasteiger partial charge in [0.15, 0.2) is 0 Å². The van der Waals surface area contributed by atoms with Crippen LogP contribution < -0.4 is 0 Å². The average molecular weight is 571 g/mol. The Hall–Kier alpha value is -4.40. The normalized spacial score (nSPS) is 18.4. The molecule has 8 rings (SSSR count). The van der Waals surface area contributed by atoms with E-state index in [0.717, 1.165) is 37.9 Å². The highest BCUT2D eigenvalue weighted by atomic mass is 79.9. The molecule has 0 aliphatic heterocycles. The minimum Gasteiger partial charge on any atom is -0.455 e. The molecule has 0 saturated carbocycles. The monoisotopic (exact) mass is 569 g/mol. The number of hydrogen-bond donors (Lipinski definition) is 0. The minimum atomic E-state index is -0.644. The van der Waals surface area contributed by atoms with Crippen molar-refractivity contribution in [2.24, 2.45) is 0 Å². The third-order valence-corrected chi connectivity index (χ3v) is 8.43. The van der Waals surface area contributed by atoms with Gasteiger partial charge < -0.3 is 4.42 Å². The van der Waals surface area contributed by atoms with E-state index in [9.17, 15) is 0 Å². The lowest BCUT2D eigenvalue weighted by atomic mass is 9.67. The molecule has 1 aliphatic carbocycles. The summed E-state index contributed by atoms with van der Waals surface area (Å²) < 4.78 is 66.6. The van der Waals surface area contributed by atoms with Gasteiger partial charge in [0.2, 0.25) is 0 Å². The van der Waals surface area contributed by atoms with Crippen molar-refractivity contribution < 1.29 is 14.0 Å². The first-order valence-electron chi connectivity index (χ1n) is 16.2. The second-order valence-corrected chi connectivity index (χ2v) is 10.5. The number of fused-ring (bicyclic) bond motifs is 6. The Morgan fingerprint density at radius 1 is 0.590 bits per heavy atom. The van der Waals surface area contributed by atoms with Gasteiger partial charge in [-0.1, -0.05) is 143 Å². The van der Waals surface area contributed by atoms with E-state index in [-0.39, 0.29) is 57.7 Å². The van der Waals surface area contributed by atoms with Crippen LogP contribution in [0.5, 0.6) is 0 Å². The standard InChI is InChI=1S/C37H23BrO/c38-33-18-9-17-32-35(33)30-13-4-6-16-31(30)37(32,25-10-2-1-3-11-25)26-22-20-24(21-23-26)27-14-8-15-29-28-12-5-7-19-34(28)39-36(27)29/h1-23H/i5D,7D,8D,12D,14D,15D,19D. The summed E-state index contributed by atoms with van der Waals surface area (Å²) in [5.41, 5.74) is 6.85. The Labute approximate surface area is 245 Å². The van der Waals surface area contributed by atoms with E-state index >= 15 is 0 Å². The molecule has 0 N–H and O–H groups in total. The molecule has 2 heteroatoms. The van der Waals surface area contributed by atoms with Crippen LogP contribution in [0.2, 0.25) is 0 Å². The summed E-state index contributed by atoms with van der Waals surface area (Å²) in [6, 6.07) is 30.4. The van der Waals surface area contributed by atoms with Crippen LogP contribution in [0, 0.1) is 0 Å². The highest BCUT2D eigenvalue weighted by Crippen LogP contribution is 2.57. The van der Waals surface area contributed by atoms with Crippen molar-refractivity contribution >= 4 is 37.9 Å². The molecule has 0 amide bonds. The molecule has 0 saturated heterocycles. The topological polar surface area (TPSA) is 13.1 Å². The van der Waals surface area contributed by atoms with Gasteiger partial charge in [0.25, 0.3) is 0 Å². The zero-order valence-corrected chi connectivity index (χ0v) is 22.1. The summed E-state index contributed by atoms with van der Waals surface area (Å²) in [7, 11) is 0. The van der Waals surface area contributed by atoms with Crippen molar-refractivity contribution in [2.45, 2.75) is 5.41 Å². The molecule has 1 aromatic heterocycles. The third kappa shape index (κ3) is 3.13. The number of rotatable bonds is 3. The second kappa shape index (κ2) is 8.56.